The van der Waals surface area contributed by atoms with Gasteiger partial charge in [0.15, 0.2) is 0 Å². The minimum Gasteiger partial charge on any atom is -0.466 e. The molecule has 2 aromatic rings. The Balaban J connectivity index is 1.73. The third kappa shape index (κ3) is 5.71. The second-order valence-electron chi connectivity index (χ2n) is 9.84. The van der Waals surface area contributed by atoms with E-state index in [1.807, 2.05) is 30.3 Å². The Hall–Kier alpha value is -3.75. The fraction of sp³-hybridized carbons (Fsp3) is 0.400. The maximum Gasteiger partial charge on any atom is 0.338 e. The summed E-state index contributed by atoms with van der Waals surface area (Å²) >= 11 is 1.32. The monoisotopic (exact) mass is 528 g/mol. The molecule has 0 radical (unpaired) electrons. The third-order valence-corrected chi connectivity index (χ3v) is 8.06. The Morgan fingerprint density at radius 2 is 1.87 bits per heavy atom. The van der Waals surface area contributed by atoms with Gasteiger partial charge in [-0.15, -0.1) is 0 Å². The highest BCUT2D eigenvalue weighted by Crippen LogP contribution is 2.41. The summed E-state index contributed by atoms with van der Waals surface area (Å²) in [5, 5.41) is 20.4. The number of thioether (sulfide) groups is 1. The molecule has 1 aromatic carbocycles. The van der Waals surface area contributed by atoms with Crippen molar-refractivity contribution in [2.75, 3.05) is 12.9 Å². The Morgan fingerprint density at radius 3 is 2.50 bits per heavy atom. The number of pyridine rings is 1. The third-order valence-electron chi connectivity index (χ3n) is 7.06. The van der Waals surface area contributed by atoms with Crippen LogP contribution in [0, 0.1) is 22.7 Å². The Morgan fingerprint density at radius 1 is 1.16 bits per heavy atom. The molecule has 7 nitrogen and oxygen atoms in total. The van der Waals surface area contributed by atoms with Crippen LogP contribution in [0.2, 0.25) is 0 Å². The van der Waals surface area contributed by atoms with Crippen LogP contribution in [0.3, 0.4) is 0 Å². The lowest BCUT2D eigenvalue weighted by Gasteiger charge is -2.28. The van der Waals surface area contributed by atoms with Crippen LogP contribution in [-0.4, -0.2) is 23.8 Å². The van der Waals surface area contributed by atoms with Crippen LogP contribution in [0.15, 0.2) is 58.1 Å². The van der Waals surface area contributed by atoms with Gasteiger partial charge in [-0.1, -0.05) is 62.7 Å². The van der Waals surface area contributed by atoms with E-state index in [0.717, 1.165) is 48.1 Å². The van der Waals surface area contributed by atoms with E-state index in [-0.39, 0.29) is 22.8 Å². The summed E-state index contributed by atoms with van der Waals surface area (Å²) in [6.45, 7) is 4.20. The van der Waals surface area contributed by atoms with Crippen LogP contribution in [-0.2, 0) is 27.1 Å². The predicted molar refractivity (Wildman–Crippen MR) is 146 cm³/mol. The number of rotatable bonds is 6. The van der Waals surface area contributed by atoms with Crippen molar-refractivity contribution in [3.8, 4) is 12.1 Å². The number of hydrogen-bond donors (Lipinski definition) is 1. The molecule has 0 fully saturated rings. The number of nitriles is 2. The van der Waals surface area contributed by atoms with Crippen molar-refractivity contribution in [2.45, 2.75) is 69.2 Å². The number of hydrogen-bond acceptors (Lipinski definition) is 8. The predicted octanol–water partition coefficient (Wildman–Crippen LogP) is 5.76. The molecule has 0 bridgehead atoms. The van der Waals surface area contributed by atoms with Gasteiger partial charge in [-0.25, -0.2) is 9.78 Å². The van der Waals surface area contributed by atoms with Crippen LogP contribution in [0.1, 0.15) is 79.3 Å². The van der Waals surface area contributed by atoms with Crippen LogP contribution in [0.4, 0.5) is 0 Å². The molecule has 4 rings (SSSR count). The highest BCUT2D eigenvalue weighted by Gasteiger charge is 2.37. The van der Waals surface area contributed by atoms with E-state index in [0.29, 0.717) is 22.3 Å². The van der Waals surface area contributed by atoms with Gasteiger partial charge in [0.25, 0.3) is 0 Å². The summed E-state index contributed by atoms with van der Waals surface area (Å²) < 4.78 is 11.0. The molecule has 1 unspecified atom stereocenters. The van der Waals surface area contributed by atoms with Crippen molar-refractivity contribution >= 4 is 17.7 Å². The fourth-order valence-electron chi connectivity index (χ4n) is 4.96. The van der Waals surface area contributed by atoms with E-state index in [2.05, 4.69) is 26.0 Å². The number of fused-ring (bicyclic) bond motifs is 1. The second kappa shape index (κ2) is 12.2. The first kappa shape index (κ1) is 27.3. The highest BCUT2D eigenvalue weighted by molar-refractivity contribution is 7.99. The second-order valence-corrected chi connectivity index (χ2v) is 10.8. The number of ether oxygens (including phenoxy) is 2. The van der Waals surface area contributed by atoms with E-state index < -0.39 is 11.9 Å². The summed E-state index contributed by atoms with van der Waals surface area (Å²) in [7, 11) is 1.30. The Kier molecular flexibility index (Phi) is 8.76. The van der Waals surface area contributed by atoms with Crippen molar-refractivity contribution in [3.63, 3.8) is 0 Å². The number of aromatic nitrogens is 1. The summed E-state index contributed by atoms with van der Waals surface area (Å²) in [6.07, 6.45) is 6.36. The zero-order chi connectivity index (χ0) is 27.2. The maximum absolute atomic E-state index is 13.1. The van der Waals surface area contributed by atoms with Crippen molar-refractivity contribution in [2.24, 2.45) is 5.73 Å². The number of aryl methyl sites for hydroxylation is 2. The molecule has 1 atom stereocenters. The summed E-state index contributed by atoms with van der Waals surface area (Å²) in [5.74, 6) is -0.522. The van der Waals surface area contributed by atoms with E-state index in [1.165, 1.54) is 31.7 Å². The molecule has 0 amide bonds. The van der Waals surface area contributed by atoms with Gasteiger partial charge in [-0.05, 0) is 54.4 Å². The van der Waals surface area contributed by atoms with Gasteiger partial charge in [-0.2, -0.15) is 10.5 Å². The number of allylic oxidation sites excluding steroid dienone is 1. The Bertz CT molecular complexity index is 1360. The van der Waals surface area contributed by atoms with E-state index in [9.17, 15) is 15.3 Å². The normalized spacial score (nSPS) is 17.6. The molecule has 1 aliphatic carbocycles. The van der Waals surface area contributed by atoms with Crippen LogP contribution in [0.5, 0.6) is 0 Å². The molecule has 38 heavy (non-hydrogen) atoms. The number of nitrogens with zero attached hydrogens (tertiary/aromatic N) is 3. The lowest BCUT2D eigenvalue weighted by molar-refractivity contribution is -0.136. The molecular weight excluding hydrogens is 496 g/mol. The van der Waals surface area contributed by atoms with Crippen LogP contribution in [0.25, 0.3) is 0 Å². The lowest BCUT2D eigenvalue weighted by atomic mass is 9.82. The fourth-order valence-corrected chi connectivity index (χ4v) is 5.87. The number of carbonyl (C=O) groups is 1. The maximum atomic E-state index is 13.1. The highest BCUT2D eigenvalue weighted by atomic mass is 32.2. The van der Waals surface area contributed by atoms with Gasteiger partial charge in [0.2, 0.25) is 5.88 Å². The number of benzene rings is 1. The molecule has 0 spiro atoms. The molecule has 0 saturated carbocycles. The SMILES string of the molecule is COC(=O)C1=C(CSc2nc3c(cc2C#N)CCCCCC3)OC(N)=C(C#N)C1c1ccc(C(C)C)cc1. The van der Waals surface area contributed by atoms with E-state index in [1.54, 1.807) is 0 Å². The van der Waals surface area contributed by atoms with E-state index in [4.69, 9.17) is 20.2 Å². The number of carbonyl (C=O) groups excluding carboxylic acids is 1. The van der Waals surface area contributed by atoms with Crippen molar-refractivity contribution in [1.29, 1.82) is 10.5 Å². The first-order valence-corrected chi connectivity index (χ1v) is 13.9. The zero-order valence-corrected chi connectivity index (χ0v) is 22.9. The van der Waals surface area contributed by atoms with Crippen LogP contribution < -0.4 is 5.73 Å². The molecule has 2 heterocycles. The smallest absolute Gasteiger partial charge is 0.338 e. The largest absolute Gasteiger partial charge is 0.466 e. The summed E-state index contributed by atoms with van der Waals surface area (Å²) in [5.41, 5.74) is 11.2. The van der Waals surface area contributed by atoms with Gasteiger partial charge >= 0.3 is 5.97 Å². The van der Waals surface area contributed by atoms with Gasteiger partial charge < -0.3 is 15.2 Å². The van der Waals surface area contributed by atoms with Gasteiger partial charge in [-0.3, -0.25) is 0 Å². The van der Waals surface area contributed by atoms with Gasteiger partial charge in [0, 0.05) is 5.69 Å². The van der Waals surface area contributed by atoms with Crippen molar-refractivity contribution in [3.05, 3.63) is 81.1 Å². The summed E-state index contributed by atoms with van der Waals surface area (Å²) in [4.78, 5) is 18.0. The molecule has 2 N–H and O–H groups in total. The average Bonchev–Trinajstić information content (AvgIpc) is 2.91. The van der Waals surface area contributed by atoms with Crippen LogP contribution >= 0.6 is 11.8 Å². The quantitative estimate of drug-likeness (QED) is 0.371. The molecule has 8 heteroatoms. The standard InChI is InChI=1S/C30H32N4O3S/c1-18(2)19-10-12-20(13-11-19)26-23(16-32)28(33)37-25(27(26)30(35)36-3)17-38-29-22(15-31)14-21-8-6-4-5-7-9-24(21)34-29/h10-14,18,26H,4-9,17,33H2,1-3H3. The van der Waals surface area contributed by atoms with Gasteiger partial charge in [0.1, 0.15) is 28.5 Å². The van der Waals surface area contributed by atoms with Crippen molar-refractivity contribution in [1.82, 2.24) is 4.98 Å². The zero-order valence-electron chi connectivity index (χ0n) is 22.0. The molecule has 0 saturated heterocycles. The molecule has 1 aromatic heterocycles. The Labute approximate surface area is 228 Å². The first-order valence-electron chi connectivity index (χ1n) is 12.9. The average molecular weight is 529 g/mol. The number of esters is 1. The topological polar surface area (TPSA) is 122 Å². The molecule has 2 aliphatic rings. The molecular formula is C30H32N4O3S. The molecule has 196 valence electrons. The minimum atomic E-state index is -0.725. The first-order chi connectivity index (χ1) is 18.4. The van der Waals surface area contributed by atoms with E-state index >= 15 is 0 Å². The lowest BCUT2D eigenvalue weighted by Crippen LogP contribution is -2.26. The van der Waals surface area contributed by atoms with Crippen molar-refractivity contribution < 1.29 is 14.3 Å². The summed E-state index contributed by atoms with van der Waals surface area (Å²) in [6, 6.07) is 14.2. The minimum absolute atomic E-state index is 0.0414. The number of nitrogens with two attached hydrogens (primary N) is 1. The van der Waals surface area contributed by atoms with Gasteiger partial charge in [0.05, 0.1) is 29.9 Å². The number of methoxy groups -OCH3 is 1. The molecule has 1 aliphatic heterocycles.